The highest BCUT2D eigenvalue weighted by molar-refractivity contribution is 7.18. The summed E-state index contributed by atoms with van der Waals surface area (Å²) in [4.78, 5) is 12.6. The fraction of sp³-hybridized carbons (Fsp3) is 0.333. The van der Waals surface area contributed by atoms with Gasteiger partial charge in [-0.25, -0.2) is 4.68 Å². The van der Waals surface area contributed by atoms with Gasteiger partial charge in [0.15, 0.2) is 0 Å². The van der Waals surface area contributed by atoms with Crippen molar-refractivity contribution in [3.63, 3.8) is 0 Å². The van der Waals surface area contributed by atoms with Gasteiger partial charge >= 0.3 is 0 Å². The Kier molecular flexibility index (Phi) is 4.04. The van der Waals surface area contributed by atoms with Gasteiger partial charge < -0.3 is 5.32 Å². The van der Waals surface area contributed by atoms with E-state index in [2.05, 4.69) is 24.3 Å². The van der Waals surface area contributed by atoms with Crippen LogP contribution >= 0.6 is 22.9 Å². The number of nitrogens with one attached hydrogen (secondary N) is 1. The van der Waals surface area contributed by atoms with Crippen LogP contribution in [0, 0.1) is 5.92 Å². The lowest BCUT2D eigenvalue weighted by Crippen LogP contribution is -2.16. The van der Waals surface area contributed by atoms with Gasteiger partial charge in [0.05, 0.1) is 15.4 Å². The van der Waals surface area contributed by atoms with Gasteiger partial charge in [-0.15, -0.1) is 11.3 Å². The van der Waals surface area contributed by atoms with Crippen molar-refractivity contribution in [1.82, 2.24) is 9.78 Å². The van der Waals surface area contributed by atoms with E-state index in [1.807, 2.05) is 0 Å². The Balaban J connectivity index is 2.10. The molecule has 0 saturated heterocycles. The molecular weight excluding hydrogens is 270 g/mol. The Bertz CT molecular complexity index is 547. The van der Waals surface area contributed by atoms with Crippen LogP contribution in [0.15, 0.2) is 24.4 Å². The van der Waals surface area contributed by atoms with E-state index in [1.165, 1.54) is 11.3 Å². The van der Waals surface area contributed by atoms with Crippen LogP contribution in [-0.4, -0.2) is 15.7 Å². The predicted molar refractivity (Wildman–Crippen MR) is 74.3 cm³/mol. The van der Waals surface area contributed by atoms with Crippen LogP contribution in [0.3, 0.4) is 0 Å². The number of thiophene rings is 1. The van der Waals surface area contributed by atoms with E-state index in [0.29, 0.717) is 20.9 Å². The van der Waals surface area contributed by atoms with E-state index in [4.69, 9.17) is 11.6 Å². The molecule has 2 rings (SSSR count). The third-order valence-corrected chi connectivity index (χ3v) is 3.52. The molecule has 18 heavy (non-hydrogen) atoms. The molecule has 2 aromatic heterocycles. The van der Waals surface area contributed by atoms with Crippen LogP contribution < -0.4 is 5.32 Å². The number of halogens is 1. The third-order valence-electron chi connectivity index (χ3n) is 2.29. The second kappa shape index (κ2) is 5.54. The van der Waals surface area contributed by atoms with Gasteiger partial charge in [-0.2, -0.15) is 5.10 Å². The standard InChI is InChI=1S/C12H14ClN3OS/c1-8(2)7-16-11(5-6-14-16)15-12(17)9-3-4-10(13)18-9/h3-6,8H,7H2,1-2H3,(H,15,17). The molecule has 0 spiro atoms. The number of hydrogen-bond acceptors (Lipinski definition) is 3. The number of nitrogens with zero attached hydrogens (tertiary/aromatic N) is 2. The summed E-state index contributed by atoms with van der Waals surface area (Å²) in [6.07, 6.45) is 1.68. The number of hydrogen-bond donors (Lipinski definition) is 1. The van der Waals surface area contributed by atoms with E-state index in [1.54, 1.807) is 29.1 Å². The zero-order valence-electron chi connectivity index (χ0n) is 10.2. The Labute approximate surface area is 115 Å². The maximum absolute atomic E-state index is 12.0. The number of anilines is 1. The molecule has 0 fully saturated rings. The normalized spacial score (nSPS) is 10.9. The summed E-state index contributed by atoms with van der Waals surface area (Å²) in [5, 5.41) is 7.03. The second-order valence-corrected chi connectivity index (χ2v) is 6.07. The van der Waals surface area contributed by atoms with Gasteiger partial charge in [0.1, 0.15) is 5.82 Å². The molecule has 0 bridgehead atoms. The summed E-state index contributed by atoms with van der Waals surface area (Å²) in [5.74, 6) is 1.02. The Morgan fingerprint density at radius 1 is 1.50 bits per heavy atom. The summed E-state index contributed by atoms with van der Waals surface area (Å²) in [6, 6.07) is 5.22. The molecule has 1 amide bonds. The highest BCUT2D eigenvalue weighted by Gasteiger charge is 2.12. The van der Waals surface area contributed by atoms with Crippen molar-refractivity contribution >= 4 is 34.7 Å². The van der Waals surface area contributed by atoms with E-state index in [0.717, 1.165) is 6.54 Å². The van der Waals surface area contributed by atoms with Gasteiger partial charge in [-0.05, 0) is 18.1 Å². The van der Waals surface area contributed by atoms with Crippen molar-refractivity contribution in [2.24, 2.45) is 5.92 Å². The van der Waals surface area contributed by atoms with Crippen molar-refractivity contribution in [3.05, 3.63) is 33.6 Å². The molecule has 0 aliphatic rings. The first-order chi connectivity index (χ1) is 8.56. The van der Waals surface area contributed by atoms with Crippen molar-refractivity contribution in [3.8, 4) is 0 Å². The summed E-state index contributed by atoms with van der Waals surface area (Å²) in [5.41, 5.74) is 0. The largest absolute Gasteiger partial charge is 0.306 e. The predicted octanol–water partition coefficient (Wildman–Crippen LogP) is 3.51. The number of carbonyl (C=O) groups is 1. The van der Waals surface area contributed by atoms with Crippen LogP contribution in [0.4, 0.5) is 5.82 Å². The summed E-state index contributed by atoms with van der Waals surface area (Å²) >= 11 is 7.07. The Morgan fingerprint density at radius 2 is 2.28 bits per heavy atom. The summed E-state index contributed by atoms with van der Waals surface area (Å²) in [7, 11) is 0. The van der Waals surface area contributed by atoms with Crippen molar-refractivity contribution in [1.29, 1.82) is 0 Å². The average Bonchev–Trinajstić information content (AvgIpc) is 2.88. The quantitative estimate of drug-likeness (QED) is 0.933. The van der Waals surface area contributed by atoms with Crippen LogP contribution in [0.2, 0.25) is 4.34 Å². The highest BCUT2D eigenvalue weighted by atomic mass is 35.5. The van der Waals surface area contributed by atoms with Crippen LogP contribution in [0.25, 0.3) is 0 Å². The molecule has 2 aromatic rings. The first-order valence-electron chi connectivity index (χ1n) is 5.65. The highest BCUT2D eigenvalue weighted by Crippen LogP contribution is 2.22. The lowest BCUT2D eigenvalue weighted by Gasteiger charge is -2.10. The van der Waals surface area contributed by atoms with E-state index >= 15 is 0 Å². The molecule has 4 nitrogen and oxygen atoms in total. The molecule has 2 heterocycles. The van der Waals surface area contributed by atoms with Gasteiger partial charge in [0.25, 0.3) is 5.91 Å². The van der Waals surface area contributed by atoms with Gasteiger partial charge in [0.2, 0.25) is 0 Å². The molecule has 0 radical (unpaired) electrons. The Hall–Kier alpha value is -1.33. The van der Waals surface area contributed by atoms with E-state index in [-0.39, 0.29) is 5.91 Å². The first-order valence-corrected chi connectivity index (χ1v) is 6.84. The van der Waals surface area contributed by atoms with E-state index in [9.17, 15) is 4.79 Å². The van der Waals surface area contributed by atoms with Crippen molar-refractivity contribution in [2.45, 2.75) is 20.4 Å². The fourth-order valence-electron chi connectivity index (χ4n) is 1.54. The molecular formula is C12H14ClN3OS. The topological polar surface area (TPSA) is 46.9 Å². The molecule has 96 valence electrons. The zero-order chi connectivity index (χ0) is 13.1. The monoisotopic (exact) mass is 283 g/mol. The maximum Gasteiger partial charge on any atom is 0.266 e. The Morgan fingerprint density at radius 3 is 2.89 bits per heavy atom. The van der Waals surface area contributed by atoms with Crippen molar-refractivity contribution in [2.75, 3.05) is 5.32 Å². The zero-order valence-corrected chi connectivity index (χ0v) is 11.8. The smallest absolute Gasteiger partial charge is 0.266 e. The van der Waals surface area contributed by atoms with Crippen LogP contribution in [0.1, 0.15) is 23.5 Å². The fourth-order valence-corrected chi connectivity index (χ4v) is 2.48. The number of rotatable bonds is 4. The summed E-state index contributed by atoms with van der Waals surface area (Å²) < 4.78 is 2.40. The van der Waals surface area contributed by atoms with Crippen molar-refractivity contribution < 1.29 is 4.79 Å². The molecule has 1 N–H and O–H groups in total. The minimum atomic E-state index is -0.155. The van der Waals surface area contributed by atoms with Crippen LogP contribution in [0.5, 0.6) is 0 Å². The first kappa shape index (κ1) is 13.1. The maximum atomic E-state index is 12.0. The van der Waals surface area contributed by atoms with Gasteiger partial charge in [-0.3, -0.25) is 4.79 Å². The molecule has 0 saturated carbocycles. The molecule has 0 unspecified atom stereocenters. The molecule has 0 atom stereocenters. The molecule has 0 aromatic carbocycles. The minimum Gasteiger partial charge on any atom is -0.306 e. The lowest BCUT2D eigenvalue weighted by molar-refractivity contribution is 0.102. The minimum absolute atomic E-state index is 0.155. The number of amides is 1. The lowest BCUT2D eigenvalue weighted by atomic mass is 10.2. The van der Waals surface area contributed by atoms with E-state index < -0.39 is 0 Å². The van der Waals surface area contributed by atoms with Gasteiger partial charge in [-0.1, -0.05) is 25.4 Å². The summed E-state index contributed by atoms with van der Waals surface area (Å²) in [6.45, 7) is 4.98. The third kappa shape index (κ3) is 3.11. The molecule has 0 aliphatic heterocycles. The average molecular weight is 284 g/mol. The SMILES string of the molecule is CC(C)Cn1nccc1NC(=O)c1ccc(Cl)s1. The van der Waals surface area contributed by atoms with Crippen LogP contribution in [-0.2, 0) is 6.54 Å². The van der Waals surface area contributed by atoms with Gasteiger partial charge in [0, 0.05) is 12.6 Å². The molecule has 6 heteroatoms. The number of aromatic nitrogens is 2. The molecule has 0 aliphatic carbocycles. The number of carbonyl (C=O) groups excluding carboxylic acids is 1. The second-order valence-electron chi connectivity index (χ2n) is 4.35.